The van der Waals surface area contributed by atoms with Gasteiger partial charge < -0.3 is 4.74 Å². The molecule has 0 radical (unpaired) electrons. The molecule has 6 nitrogen and oxygen atoms in total. The first-order valence-electron chi connectivity index (χ1n) is 10.0. The summed E-state index contributed by atoms with van der Waals surface area (Å²) in [7, 11) is 0. The number of aryl methyl sites for hydroxylation is 1. The van der Waals surface area contributed by atoms with Crippen molar-refractivity contribution >= 4 is 50.8 Å². The fourth-order valence-corrected chi connectivity index (χ4v) is 4.41. The van der Waals surface area contributed by atoms with Crippen LogP contribution >= 0.6 is 22.9 Å². The summed E-state index contributed by atoms with van der Waals surface area (Å²) in [5.41, 5.74) is 4.20. The molecule has 4 aromatic rings. The van der Waals surface area contributed by atoms with Gasteiger partial charge in [-0.3, -0.25) is 15.1 Å². The maximum absolute atomic E-state index is 12.9. The molecule has 0 aliphatic rings. The van der Waals surface area contributed by atoms with E-state index in [0.29, 0.717) is 33.2 Å². The average Bonchev–Trinajstić information content (AvgIpc) is 3.25. The first-order valence-corrected chi connectivity index (χ1v) is 11.3. The van der Waals surface area contributed by atoms with Crippen molar-refractivity contribution in [2.75, 3.05) is 11.9 Å². The molecule has 32 heavy (non-hydrogen) atoms. The smallest absolute Gasteiger partial charge is 0.339 e. The van der Waals surface area contributed by atoms with Crippen LogP contribution in [0.15, 0.2) is 53.9 Å². The van der Waals surface area contributed by atoms with Gasteiger partial charge in [0.05, 0.1) is 16.8 Å². The van der Waals surface area contributed by atoms with Crippen LogP contribution in [0.5, 0.6) is 0 Å². The summed E-state index contributed by atoms with van der Waals surface area (Å²) in [4.78, 5) is 34.3. The quantitative estimate of drug-likeness (QED) is 0.370. The van der Waals surface area contributed by atoms with E-state index in [1.54, 1.807) is 6.07 Å². The van der Waals surface area contributed by atoms with E-state index < -0.39 is 18.5 Å². The Morgan fingerprint density at radius 2 is 1.84 bits per heavy atom. The van der Waals surface area contributed by atoms with Crippen molar-refractivity contribution in [1.29, 1.82) is 0 Å². The van der Waals surface area contributed by atoms with Gasteiger partial charge in [0, 0.05) is 27.0 Å². The molecule has 0 aliphatic heterocycles. The molecule has 0 bridgehead atoms. The summed E-state index contributed by atoms with van der Waals surface area (Å²) in [5, 5.41) is 6.16. The zero-order valence-electron chi connectivity index (χ0n) is 17.5. The first kappa shape index (κ1) is 21.9. The van der Waals surface area contributed by atoms with E-state index in [2.05, 4.69) is 15.3 Å². The third-order valence-corrected chi connectivity index (χ3v) is 6.10. The summed E-state index contributed by atoms with van der Waals surface area (Å²) in [5.74, 6) is -1.02. The monoisotopic (exact) mass is 465 g/mol. The standard InChI is InChI=1S/C24H20ClN3O3S/c1-3-18-14(2)22(16-9-5-7-11-19(16)26-18)23(30)31-12-21(29)28-24-27-20(13-32-24)15-8-4-6-10-17(15)25/h4-11,13H,3,12H2,1-2H3,(H,27,28,29). The molecule has 0 saturated heterocycles. The number of carbonyl (C=O) groups is 2. The van der Waals surface area contributed by atoms with Crippen molar-refractivity contribution in [1.82, 2.24) is 9.97 Å². The van der Waals surface area contributed by atoms with Crippen LogP contribution in [0.2, 0.25) is 5.02 Å². The van der Waals surface area contributed by atoms with Gasteiger partial charge in [-0.1, -0.05) is 54.9 Å². The van der Waals surface area contributed by atoms with Crippen molar-refractivity contribution in [3.05, 3.63) is 75.8 Å². The van der Waals surface area contributed by atoms with E-state index >= 15 is 0 Å². The zero-order chi connectivity index (χ0) is 22.7. The first-order chi connectivity index (χ1) is 15.5. The van der Waals surface area contributed by atoms with Gasteiger partial charge in [-0.05, 0) is 31.0 Å². The summed E-state index contributed by atoms with van der Waals surface area (Å²) in [6.45, 7) is 3.41. The van der Waals surface area contributed by atoms with Gasteiger partial charge in [-0.2, -0.15) is 0 Å². The van der Waals surface area contributed by atoms with Crippen molar-refractivity contribution in [3.63, 3.8) is 0 Å². The molecule has 0 fully saturated rings. The van der Waals surface area contributed by atoms with E-state index in [1.807, 2.05) is 61.7 Å². The van der Waals surface area contributed by atoms with Crippen molar-refractivity contribution in [3.8, 4) is 11.3 Å². The van der Waals surface area contributed by atoms with Crippen LogP contribution in [0.4, 0.5) is 5.13 Å². The van der Waals surface area contributed by atoms with E-state index in [1.165, 1.54) is 11.3 Å². The lowest BCUT2D eigenvalue weighted by Crippen LogP contribution is -2.21. The maximum Gasteiger partial charge on any atom is 0.339 e. The Morgan fingerprint density at radius 3 is 2.62 bits per heavy atom. The van der Waals surface area contributed by atoms with Gasteiger partial charge in [0.15, 0.2) is 11.7 Å². The van der Waals surface area contributed by atoms with Gasteiger partial charge in [0.2, 0.25) is 0 Å². The number of carbonyl (C=O) groups excluding carboxylic acids is 2. The highest BCUT2D eigenvalue weighted by Gasteiger charge is 2.20. The van der Waals surface area contributed by atoms with E-state index in [-0.39, 0.29) is 0 Å². The normalized spacial score (nSPS) is 10.8. The minimum Gasteiger partial charge on any atom is -0.452 e. The van der Waals surface area contributed by atoms with Gasteiger partial charge >= 0.3 is 5.97 Å². The Balaban J connectivity index is 1.46. The number of rotatable bonds is 6. The van der Waals surface area contributed by atoms with Crippen LogP contribution in [0, 0.1) is 6.92 Å². The van der Waals surface area contributed by atoms with Crippen LogP contribution in [0.3, 0.4) is 0 Å². The number of fused-ring (bicyclic) bond motifs is 1. The van der Waals surface area contributed by atoms with Crippen molar-refractivity contribution in [2.45, 2.75) is 20.3 Å². The second kappa shape index (κ2) is 9.46. The largest absolute Gasteiger partial charge is 0.452 e. The second-order valence-electron chi connectivity index (χ2n) is 7.07. The minimum absolute atomic E-state index is 0.403. The van der Waals surface area contributed by atoms with Gasteiger partial charge in [-0.15, -0.1) is 11.3 Å². The predicted molar refractivity (Wildman–Crippen MR) is 127 cm³/mol. The number of amides is 1. The average molecular weight is 466 g/mol. The number of ether oxygens (including phenoxy) is 1. The van der Waals surface area contributed by atoms with Crippen molar-refractivity contribution < 1.29 is 14.3 Å². The molecule has 4 rings (SSSR count). The lowest BCUT2D eigenvalue weighted by Gasteiger charge is -2.13. The summed E-state index contributed by atoms with van der Waals surface area (Å²) >= 11 is 7.48. The number of esters is 1. The Bertz CT molecular complexity index is 1320. The molecule has 8 heteroatoms. The molecule has 0 spiro atoms. The third-order valence-electron chi connectivity index (χ3n) is 5.01. The number of hydrogen-bond acceptors (Lipinski definition) is 6. The molecule has 0 unspecified atom stereocenters. The highest BCUT2D eigenvalue weighted by atomic mass is 35.5. The number of nitrogens with one attached hydrogen (secondary N) is 1. The molecule has 2 heterocycles. The number of halogens is 1. The number of nitrogens with zero attached hydrogens (tertiary/aromatic N) is 2. The number of para-hydroxylation sites is 1. The zero-order valence-corrected chi connectivity index (χ0v) is 19.1. The molecule has 0 atom stereocenters. The molecular weight excluding hydrogens is 446 g/mol. The highest BCUT2D eigenvalue weighted by molar-refractivity contribution is 7.14. The molecule has 1 N–H and O–H groups in total. The van der Waals surface area contributed by atoms with Gasteiger partial charge in [-0.25, -0.2) is 9.78 Å². The van der Waals surface area contributed by atoms with E-state index in [9.17, 15) is 9.59 Å². The van der Waals surface area contributed by atoms with Gasteiger partial charge in [0.1, 0.15) is 0 Å². The molecule has 0 aliphatic carbocycles. The molecule has 0 saturated carbocycles. The highest BCUT2D eigenvalue weighted by Crippen LogP contribution is 2.30. The van der Waals surface area contributed by atoms with Crippen LogP contribution in [-0.2, 0) is 16.0 Å². The fraction of sp³-hybridized carbons (Fsp3) is 0.167. The maximum atomic E-state index is 12.9. The Labute approximate surface area is 194 Å². The van der Waals surface area contributed by atoms with Crippen molar-refractivity contribution in [2.24, 2.45) is 0 Å². The van der Waals surface area contributed by atoms with Crippen LogP contribution in [-0.4, -0.2) is 28.5 Å². The fourth-order valence-electron chi connectivity index (χ4n) is 3.45. The number of benzene rings is 2. The second-order valence-corrected chi connectivity index (χ2v) is 8.34. The number of thiazole rings is 1. The van der Waals surface area contributed by atoms with Crippen LogP contribution in [0.1, 0.15) is 28.5 Å². The molecule has 2 aromatic carbocycles. The molecule has 162 valence electrons. The Hall–Kier alpha value is -3.29. The van der Waals surface area contributed by atoms with Gasteiger partial charge in [0.25, 0.3) is 5.91 Å². The Kier molecular flexibility index (Phi) is 6.48. The lowest BCUT2D eigenvalue weighted by atomic mass is 10.0. The number of hydrogen-bond donors (Lipinski definition) is 1. The topological polar surface area (TPSA) is 81.2 Å². The SMILES string of the molecule is CCc1nc2ccccc2c(C(=O)OCC(=O)Nc2nc(-c3ccccc3Cl)cs2)c1C. The van der Waals surface area contributed by atoms with E-state index in [4.69, 9.17) is 16.3 Å². The van der Waals surface area contributed by atoms with E-state index in [0.717, 1.165) is 22.3 Å². The minimum atomic E-state index is -0.554. The predicted octanol–water partition coefficient (Wildman–Crippen LogP) is 5.68. The van der Waals surface area contributed by atoms with Crippen LogP contribution < -0.4 is 5.32 Å². The molecular formula is C24H20ClN3O3S. The summed E-state index contributed by atoms with van der Waals surface area (Å²) in [6, 6.07) is 14.8. The number of anilines is 1. The summed E-state index contributed by atoms with van der Waals surface area (Å²) in [6.07, 6.45) is 0.690. The molecule has 1 amide bonds. The van der Waals surface area contributed by atoms with Crippen LogP contribution in [0.25, 0.3) is 22.2 Å². The number of aromatic nitrogens is 2. The third kappa shape index (κ3) is 4.49. The lowest BCUT2D eigenvalue weighted by molar-refractivity contribution is -0.119. The molecule has 2 aromatic heterocycles. The Morgan fingerprint density at radius 1 is 1.09 bits per heavy atom. The number of pyridine rings is 1. The summed E-state index contributed by atoms with van der Waals surface area (Å²) < 4.78 is 5.34.